The van der Waals surface area contributed by atoms with Crippen molar-refractivity contribution in [2.24, 2.45) is 5.73 Å². The van der Waals surface area contributed by atoms with Crippen molar-refractivity contribution in [3.05, 3.63) is 64.7 Å². The summed E-state index contributed by atoms with van der Waals surface area (Å²) in [6.45, 7) is 0.187. The molecule has 5 nitrogen and oxygen atoms in total. The first-order valence-corrected chi connectivity index (χ1v) is 6.60. The quantitative estimate of drug-likeness (QED) is 0.795. The smallest absolute Gasteiger partial charge is 0.266 e. The number of nitrogens with zero attached hydrogens (tertiary/aromatic N) is 2. The lowest BCUT2D eigenvalue weighted by Gasteiger charge is -2.12. The van der Waals surface area contributed by atoms with E-state index in [1.807, 2.05) is 30.3 Å². The number of methoxy groups -OCH3 is 1. The molecule has 21 heavy (non-hydrogen) atoms. The summed E-state index contributed by atoms with van der Waals surface area (Å²) in [5.74, 6) is 1.26. The van der Waals surface area contributed by atoms with Gasteiger partial charge in [0.1, 0.15) is 11.6 Å². The maximum Gasteiger partial charge on any atom is 0.266 e. The van der Waals surface area contributed by atoms with Gasteiger partial charge in [0.15, 0.2) is 0 Å². The number of hydrogen-bond acceptors (Lipinski definition) is 4. The third kappa shape index (κ3) is 2.28. The van der Waals surface area contributed by atoms with Crippen molar-refractivity contribution in [3.63, 3.8) is 0 Å². The second-order valence-corrected chi connectivity index (χ2v) is 4.59. The Morgan fingerprint density at radius 3 is 2.52 bits per heavy atom. The van der Waals surface area contributed by atoms with Gasteiger partial charge in [-0.15, -0.1) is 0 Å². The summed E-state index contributed by atoms with van der Waals surface area (Å²) in [6, 6.07) is 14.5. The van der Waals surface area contributed by atoms with E-state index < -0.39 is 0 Å². The van der Waals surface area contributed by atoms with Crippen LogP contribution in [0.2, 0.25) is 0 Å². The van der Waals surface area contributed by atoms with Crippen molar-refractivity contribution in [2.75, 3.05) is 7.11 Å². The van der Waals surface area contributed by atoms with E-state index in [0.29, 0.717) is 16.7 Å². The molecular formula is C16H15N3O2. The maximum atomic E-state index is 12.7. The highest BCUT2D eigenvalue weighted by Crippen LogP contribution is 2.16. The van der Waals surface area contributed by atoms with Crippen molar-refractivity contribution in [2.45, 2.75) is 6.54 Å². The minimum atomic E-state index is -0.119. The minimum Gasteiger partial charge on any atom is -0.497 e. The van der Waals surface area contributed by atoms with E-state index in [1.54, 1.807) is 29.9 Å². The molecule has 0 amide bonds. The zero-order valence-corrected chi connectivity index (χ0v) is 11.6. The summed E-state index contributed by atoms with van der Waals surface area (Å²) in [5, 5.41) is 0.575. The third-order valence-electron chi connectivity index (χ3n) is 3.36. The first-order chi connectivity index (χ1) is 10.2. The summed E-state index contributed by atoms with van der Waals surface area (Å²) < 4.78 is 6.68. The number of para-hydroxylation sites is 1. The predicted octanol–water partition coefficient (Wildman–Crippen LogP) is 1.85. The van der Waals surface area contributed by atoms with Gasteiger partial charge in [0, 0.05) is 0 Å². The summed E-state index contributed by atoms with van der Waals surface area (Å²) in [7, 11) is 1.60. The molecule has 1 heterocycles. The molecule has 0 unspecified atom stereocenters. The van der Waals surface area contributed by atoms with Gasteiger partial charge in [0.05, 0.1) is 30.2 Å². The van der Waals surface area contributed by atoms with Gasteiger partial charge in [-0.25, -0.2) is 4.98 Å². The molecule has 0 saturated heterocycles. The fourth-order valence-corrected chi connectivity index (χ4v) is 2.31. The van der Waals surface area contributed by atoms with Crippen LogP contribution in [0, 0.1) is 0 Å². The maximum absolute atomic E-state index is 12.7. The fourth-order valence-electron chi connectivity index (χ4n) is 2.31. The minimum absolute atomic E-state index is 0.119. The Bertz CT molecular complexity index is 838. The van der Waals surface area contributed by atoms with Crippen LogP contribution in [0.5, 0.6) is 5.75 Å². The molecule has 3 rings (SSSR count). The molecule has 5 heteroatoms. The first-order valence-electron chi connectivity index (χ1n) is 6.60. The van der Waals surface area contributed by atoms with Crippen LogP contribution in [0.15, 0.2) is 53.3 Å². The van der Waals surface area contributed by atoms with Crippen LogP contribution in [0.25, 0.3) is 16.6 Å². The molecule has 0 saturated carbocycles. The topological polar surface area (TPSA) is 70.1 Å². The van der Waals surface area contributed by atoms with Gasteiger partial charge < -0.3 is 10.5 Å². The summed E-state index contributed by atoms with van der Waals surface area (Å²) in [6.07, 6.45) is 0. The molecular weight excluding hydrogens is 266 g/mol. The van der Waals surface area contributed by atoms with Gasteiger partial charge in [-0.05, 0) is 36.4 Å². The van der Waals surface area contributed by atoms with Gasteiger partial charge in [-0.2, -0.15) is 0 Å². The molecule has 0 aliphatic carbocycles. The van der Waals surface area contributed by atoms with Gasteiger partial charge in [0.2, 0.25) is 0 Å². The largest absolute Gasteiger partial charge is 0.497 e. The van der Waals surface area contributed by atoms with E-state index in [2.05, 4.69) is 4.98 Å². The Morgan fingerprint density at radius 2 is 1.86 bits per heavy atom. The van der Waals surface area contributed by atoms with Crippen LogP contribution in [0.4, 0.5) is 0 Å². The number of aromatic nitrogens is 2. The number of ether oxygens (including phenoxy) is 1. The monoisotopic (exact) mass is 281 g/mol. The van der Waals surface area contributed by atoms with Crippen molar-refractivity contribution >= 4 is 10.9 Å². The summed E-state index contributed by atoms with van der Waals surface area (Å²) in [4.78, 5) is 17.2. The molecule has 2 N–H and O–H groups in total. The predicted molar refractivity (Wildman–Crippen MR) is 81.8 cm³/mol. The lowest BCUT2D eigenvalue weighted by Crippen LogP contribution is -2.25. The van der Waals surface area contributed by atoms with E-state index >= 15 is 0 Å². The van der Waals surface area contributed by atoms with Gasteiger partial charge in [-0.1, -0.05) is 12.1 Å². The van der Waals surface area contributed by atoms with E-state index in [0.717, 1.165) is 11.4 Å². The van der Waals surface area contributed by atoms with E-state index in [9.17, 15) is 4.79 Å². The Kier molecular flexibility index (Phi) is 3.41. The Morgan fingerprint density at radius 1 is 1.14 bits per heavy atom. The molecule has 0 aliphatic heterocycles. The van der Waals surface area contributed by atoms with E-state index in [1.165, 1.54) is 0 Å². The molecule has 2 aromatic carbocycles. The van der Waals surface area contributed by atoms with Crippen molar-refractivity contribution in [3.8, 4) is 11.4 Å². The fraction of sp³-hybridized carbons (Fsp3) is 0.125. The van der Waals surface area contributed by atoms with Gasteiger partial charge in [0.25, 0.3) is 5.56 Å². The zero-order valence-electron chi connectivity index (χ0n) is 11.6. The second-order valence-electron chi connectivity index (χ2n) is 4.59. The molecule has 0 bridgehead atoms. The highest BCUT2D eigenvalue weighted by Gasteiger charge is 2.11. The Balaban J connectivity index is 2.29. The zero-order chi connectivity index (χ0) is 14.8. The molecule has 0 aliphatic rings. The average Bonchev–Trinajstić information content (AvgIpc) is 2.55. The highest BCUT2D eigenvalue weighted by atomic mass is 16.5. The SMILES string of the molecule is COc1ccc(-n2c(CN)nc3ccccc3c2=O)cc1. The molecule has 0 spiro atoms. The second kappa shape index (κ2) is 5.38. The Hall–Kier alpha value is -2.66. The van der Waals surface area contributed by atoms with Crippen LogP contribution < -0.4 is 16.0 Å². The number of hydrogen-bond donors (Lipinski definition) is 1. The van der Waals surface area contributed by atoms with Crippen LogP contribution in [0.3, 0.4) is 0 Å². The molecule has 3 aromatic rings. The van der Waals surface area contributed by atoms with Crippen LogP contribution in [0.1, 0.15) is 5.82 Å². The highest BCUT2D eigenvalue weighted by molar-refractivity contribution is 5.77. The van der Waals surface area contributed by atoms with Crippen LogP contribution in [-0.4, -0.2) is 16.7 Å². The van der Waals surface area contributed by atoms with E-state index in [4.69, 9.17) is 10.5 Å². The molecule has 106 valence electrons. The van der Waals surface area contributed by atoms with E-state index in [-0.39, 0.29) is 12.1 Å². The van der Waals surface area contributed by atoms with Crippen LogP contribution >= 0.6 is 0 Å². The normalized spacial score (nSPS) is 10.8. The summed E-state index contributed by atoms with van der Waals surface area (Å²) in [5.41, 5.74) is 7.02. The number of rotatable bonds is 3. The third-order valence-corrected chi connectivity index (χ3v) is 3.36. The average molecular weight is 281 g/mol. The lowest BCUT2D eigenvalue weighted by atomic mass is 10.2. The van der Waals surface area contributed by atoms with Crippen molar-refractivity contribution in [1.29, 1.82) is 0 Å². The number of fused-ring (bicyclic) bond motifs is 1. The van der Waals surface area contributed by atoms with Gasteiger partial charge >= 0.3 is 0 Å². The number of nitrogens with two attached hydrogens (primary N) is 1. The molecule has 0 fully saturated rings. The Labute approximate surface area is 121 Å². The summed E-state index contributed by atoms with van der Waals surface area (Å²) >= 11 is 0. The molecule has 1 aromatic heterocycles. The van der Waals surface area contributed by atoms with Crippen LogP contribution in [-0.2, 0) is 6.54 Å². The molecule has 0 atom stereocenters. The number of benzene rings is 2. The van der Waals surface area contributed by atoms with Crippen molar-refractivity contribution in [1.82, 2.24) is 9.55 Å². The van der Waals surface area contributed by atoms with Crippen molar-refractivity contribution < 1.29 is 4.74 Å². The molecule has 0 radical (unpaired) electrons. The lowest BCUT2D eigenvalue weighted by molar-refractivity contribution is 0.414. The van der Waals surface area contributed by atoms with Gasteiger partial charge in [-0.3, -0.25) is 9.36 Å². The first kappa shape index (κ1) is 13.3. The standard InChI is InChI=1S/C16H15N3O2/c1-21-12-8-6-11(7-9-12)19-15(10-17)18-14-5-3-2-4-13(14)16(19)20/h2-9H,10,17H2,1H3.